The molecule has 0 aliphatic carbocycles. The molecule has 0 aliphatic rings. The van der Waals surface area contributed by atoms with Crippen molar-refractivity contribution in [1.29, 1.82) is 0 Å². The van der Waals surface area contributed by atoms with E-state index in [2.05, 4.69) is 15.3 Å². The average molecular weight is 258 g/mol. The Morgan fingerprint density at radius 1 is 1.56 bits per heavy atom. The molecule has 0 saturated carbocycles. The Kier molecular flexibility index (Phi) is 3.28. The van der Waals surface area contributed by atoms with E-state index in [1.165, 1.54) is 0 Å². The first-order valence-corrected chi connectivity index (χ1v) is 6.11. The third-order valence-corrected chi connectivity index (χ3v) is 3.17. The minimum absolute atomic E-state index is 0.224. The summed E-state index contributed by atoms with van der Waals surface area (Å²) in [6.45, 7) is 4.17. The normalized spacial score (nSPS) is 13.0. The number of aromatic nitrogens is 2. The van der Waals surface area contributed by atoms with Gasteiger partial charge in [0.1, 0.15) is 10.6 Å². The van der Waals surface area contributed by atoms with Gasteiger partial charge in [0.25, 0.3) is 0 Å². The van der Waals surface area contributed by atoms with Gasteiger partial charge in [0, 0.05) is 11.4 Å². The van der Waals surface area contributed by atoms with Crippen LogP contribution >= 0.6 is 22.9 Å². The van der Waals surface area contributed by atoms with Gasteiger partial charge in [-0.1, -0.05) is 0 Å². The van der Waals surface area contributed by atoms with E-state index in [9.17, 15) is 5.11 Å². The van der Waals surface area contributed by atoms with E-state index < -0.39 is 6.10 Å². The van der Waals surface area contributed by atoms with Gasteiger partial charge in [-0.05, 0) is 31.5 Å². The SMILES string of the molecule is Cc1cc2c(NCC(C)O)nc(Cl)nc2s1. The van der Waals surface area contributed by atoms with E-state index in [0.29, 0.717) is 12.4 Å². The third kappa shape index (κ3) is 2.42. The van der Waals surface area contributed by atoms with Crippen LogP contribution in [0.5, 0.6) is 0 Å². The number of fused-ring (bicyclic) bond motifs is 1. The molecule has 1 atom stereocenters. The second-order valence-electron chi connectivity index (χ2n) is 3.65. The summed E-state index contributed by atoms with van der Waals surface area (Å²) in [5.41, 5.74) is 0. The molecule has 0 fully saturated rings. The number of anilines is 1. The van der Waals surface area contributed by atoms with Gasteiger partial charge in [-0.2, -0.15) is 0 Å². The van der Waals surface area contributed by atoms with E-state index >= 15 is 0 Å². The smallest absolute Gasteiger partial charge is 0.225 e. The van der Waals surface area contributed by atoms with Crippen LogP contribution in [0.4, 0.5) is 5.82 Å². The molecule has 16 heavy (non-hydrogen) atoms. The molecule has 1 unspecified atom stereocenters. The lowest BCUT2D eigenvalue weighted by molar-refractivity contribution is 0.208. The summed E-state index contributed by atoms with van der Waals surface area (Å²) >= 11 is 7.41. The van der Waals surface area contributed by atoms with Crippen molar-refractivity contribution in [2.45, 2.75) is 20.0 Å². The standard InChI is InChI=1S/C10H12ClN3OS/c1-5(15)4-12-8-7-3-6(2)16-9(7)14-10(11)13-8/h3,5,15H,4H2,1-2H3,(H,12,13,14). The summed E-state index contributed by atoms with van der Waals surface area (Å²) in [4.78, 5) is 10.3. The Labute approximate surface area is 102 Å². The number of rotatable bonds is 3. The summed E-state index contributed by atoms with van der Waals surface area (Å²) < 4.78 is 0. The highest BCUT2D eigenvalue weighted by atomic mass is 35.5. The molecule has 0 saturated heterocycles. The van der Waals surface area contributed by atoms with E-state index in [0.717, 1.165) is 15.1 Å². The second-order valence-corrected chi connectivity index (χ2v) is 5.22. The van der Waals surface area contributed by atoms with Gasteiger partial charge in [0.05, 0.1) is 11.5 Å². The van der Waals surface area contributed by atoms with Crippen molar-refractivity contribution in [3.8, 4) is 0 Å². The summed E-state index contributed by atoms with van der Waals surface area (Å²) in [5, 5.41) is 13.5. The molecule has 0 bridgehead atoms. The van der Waals surface area contributed by atoms with Crippen LogP contribution < -0.4 is 5.32 Å². The van der Waals surface area contributed by atoms with Crippen LogP contribution in [0.3, 0.4) is 0 Å². The van der Waals surface area contributed by atoms with Gasteiger partial charge in [-0.25, -0.2) is 9.97 Å². The monoisotopic (exact) mass is 257 g/mol. The Hall–Kier alpha value is -0.910. The molecule has 0 aliphatic heterocycles. The number of aliphatic hydroxyl groups excluding tert-OH is 1. The zero-order valence-corrected chi connectivity index (χ0v) is 10.6. The van der Waals surface area contributed by atoms with Crippen LogP contribution in [0.15, 0.2) is 6.07 Å². The molecule has 2 aromatic heterocycles. The van der Waals surface area contributed by atoms with Crippen molar-refractivity contribution in [1.82, 2.24) is 9.97 Å². The molecule has 2 aromatic rings. The minimum Gasteiger partial charge on any atom is -0.392 e. The molecule has 2 heterocycles. The summed E-state index contributed by atoms with van der Waals surface area (Å²) in [5.74, 6) is 0.681. The number of nitrogens with zero attached hydrogens (tertiary/aromatic N) is 2. The van der Waals surface area contributed by atoms with Gasteiger partial charge in [-0.3, -0.25) is 0 Å². The molecule has 6 heteroatoms. The van der Waals surface area contributed by atoms with E-state index in [1.807, 2.05) is 13.0 Å². The molecule has 0 radical (unpaired) electrons. The van der Waals surface area contributed by atoms with Crippen LogP contribution in [-0.4, -0.2) is 27.7 Å². The van der Waals surface area contributed by atoms with Gasteiger partial charge < -0.3 is 10.4 Å². The van der Waals surface area contributed by atoms with Crippen LogP contribution in [0.25, 0.3) is 10.2 Å². The van der Waals surface area contributed by atoms with E-state index in [-0.39, 0.29) is 5.28 Å². The maximum Gasteiger partial charge on any atom is 0.225 e. The molecular formula is C10H12ClN3OS. The van der Waals surface area contributed by atoms with Crippen LogP contribution in [0, 0.1) is 6.92 Å². The van der Waals surface area contributed by atoms with Crippen molar-refractivity contribution in [3.63, 3.8) is 0 Å². The number of hydrogen-bond donors (Lipinski definition) is 2. The molecule has 0 spiro atoms. The molecule has 0 aromatic carbocycles. The van der Waals surface area contributed by atoms with Gasteiger partial charge in [0.2, 0.25) is 5.28 Å². The number of halogens is 1. The fourth-order valence-electron chi connectivity index (χ4n) is 1.40. The van der Waals surface area contributed by atoms with Crippen LogP contribution in [0.2, 0.25) is 5.28 Å². The van der Waals surface area contributed by atoms with Crippen molar-refractivity contribution < 1.29 is 5.11 Å². The molecule has 2 N–H and O–H groups in total. The Morgan fingerprint density at radius 3 is 3.00 bits per heavy atom. The maximum atomic E-state index is 9.22. The summed E-state index contributed by atoms with van der Waals surface area (Å²) in [6, 6.07) is 2.01. The number of aryl methyl sites for hydroxylation is 1. The zero-order valence-electron chi connectivity index (χ0n) is 8.99. The second kappa shape index (κ2) is 4.53. The lowest BCUT2D eigenvalue weighted by Crippen LogP contribution is -2.16. The summed E-state index contributed by atoms with van der Waals surface area (Å²) in [7, 11) is 0. The van der Waals surface area contributed by atoms with E-state index in [1.54, 1.807) is 18.3 Å². The first kappa shape index (κ1) is 11.6. The fourth-order valence-corrected chi connectivity index (χ4v) is 2.49. The number of nitrogens with one attached hydrogen (secondary N) is 1. The van der Waals surface area contributed by atoms with Crippen LogP contribution in [0.1, 0.15) is 11.8 Å². The predicted molar refractivity (Wildman–Crippen MR) is 67.3 cm³/mol. The minimum atomic E-state index is -0.427. The topological polar surface area (TPSA) is 58.0 Å². The molecule has 0 amide bonds. The molecule has 2 rings (SSSR count). The lowest BCUT2D eigenvalue weighted by Gasteiger charge is -2.08. The zero-order chi connectivity index (χ0) is 11.7. The fraction of sp³-hybridized carbons (Fsp3) is 0.400. The Balaban J connectivity index is 2.41. The first-order chi connectivity index (χ1) is 7.56. The van der Waals surface area contributed by atoms with Crippen molar-refractivity contribution in [2.75, 3.05) is 11.9 Å². The average Bonchev–Trinajstić information content (AvgIpc) is 2.54. The number of thiophene rings is 1. The maximum absolute atomic E-state index is 9.22. The first-order valence-electron chi connectivity index (χ1n) is 4.92. The Bertz CT molecular complexity index is 512. The van der Waals surface area contributed by atoms with E-state index in [4.69, 9.17) is 11.6 Å². The largest absolute Gasteiger partial charge is 0.392 e. The van der Waals surface area contributed by atoms with Crippen molar-refractivity contribution in [2.24, 2.45) is 0 Å². The highest BCUT2D eigenvalue weighted by molar-refractivity contribution is 7.18. The molecule has 4 nitrogen and oxygen atoms in total. The third-order valence-electron chi connectivity index (χ3n) is 2.05. The number of aliphatic hydroxyl groups is 1. The molecule has 86 valence electrons. The van der Waals surface area contributed by atoms with Gasteiger partial charge in [-0.15, -0.1) is 11.3 Å². The summed E-state index contributed by atoms with van der Waals surface area (Å²) in [6.07, 6.45) is -0.427. The Morgan fingerprint density at radius 2 is 2.31 bits per heavy atom. The van der Waals surface area contributed by atoms with Crippen molar-refractivity contribution in [3.05, 3.63) is 16.2 Å². The van der Waals surface area contributed by atoms with Gasteiger partial charge >= 0.3 is 0 Å². The number of hydrogen-bond acceptors (Lipinski definition) is 5. The van der Waals surface area contributed by atoms with Crippen LogP contribution in [-0.2, 0) is 0 Å². The highest BCUT2D eigenvalue weighted by Crippen LogP contribution is 2.29. The predicted octanol–water partition coefficient (Wildman–Crippen LogP) is 2.45. The highest BCUT2D eigenvalue weighted by Gasteiger charge is 2.09. The van der Waals surface area contributed by atoms with Gasteiger partial charge in [0.15, 0.2) is 0 Å². The quantitative estimate of drug-likeness (QED) is 0.830. The van der Waals surface area contributed by atoms with Crippen molar-refractivity contribution >= 4 is 39.0 Å². The lowest BCUT2D eigenvalue weighted by atomic mass is 10.3. The molecular weight excluding hydrogens is 246 g/mol.